The maximum atomic E-state index is 9.75. The zero-order valence-electron chi connectivity index (χ0n) is 5.13. The van der Waals surface area contributed by atoms with Crippen LogP contribution in [0.15, 0.2) is 0 Å². The molecule has 0 aromatic rings. The molecule has 0 bridgehead atoms. The summed E-state index contributed by atoms with van der Waals surface area (Å²) in [6.45, 7) is -0.713. The molecule has 0 fully saturated rings. The Hall–Kier alpha value is 0.320. The van der Waals surface area contributed by atoms with Gasteiger partial charge in [-0.3, -0.25) is 4.52 Å². The minimum atomic E-state index is -4.34. The predicted molar refractivity (Wildman–Crippen MR) is 37.4 cm³/mol. The van der Waals surface area contributed by atoms with Crippen molar-refractivity contribution in [2.24, 2.45) is 0 Å². The Morgan fingerprint density at radius 2 is 1.80 bits per heavy atom. The molecule has 10 heavy (non-hydrogen) atoms. The van der Waals surface area contributed by atoms with Crippen molar-refractivity contribution < 1.29 is 24.0 Å². The average Bonchev–Trinajstić information content (AvgIpc) is 1.59. The van der Waals surface area contributed by atoms with Crippen molar-refractivity contribution in [2.75, 3.05) is 13.2 Å². The quantitative estimate of drug-likeness (QED) is 0.458. The molecule has 0 unspecified atom stereocenters. The molecule has 0 saturated carbocycles. The molecule has 0 aliphatic carbocycles. The van der Waals surface area contributed by atoms with Crippen LogP contribution in [0.2, 0.25) is 0 Å². The van der Waals surface area contributed by atoms with Crippen molar-refractivity contribution in [1.29, 1.82) is 0 Å². The summed E-state index contributed by atoms with van der Waals surface area (Å²) < 4.78 is 13.5. The van der Waals surface area contributed by atoms with Gasteiger partial charge in [-0.1, -0.05) is 0 Å². The Labute approximate surface area is 64.4 Å². The number of phosphoric acid groups is 1. The first-order chi connectivity index (χ1) is 3.56. The van der Waals surface area contributed by atoms with E-state index in [-0.39, 0.29) is 31.8 Å². The fourth-order valence-electron chi connectivity index (χ4n) is 0.160. The third-order valence-electron chi connectivity index (χ3n) is 0.351. The number of aliphatic hydroxyl groups excluding tert-OH is 1. The fourth-order valence-corrected chi connectivity index (χ4v) is 0.479. The van der Waals surface area contributed by atoms with Gasteiger partial charge in [0.2, 0.25) is 0 Å². The molecule has 0 aliphatic rings. The van der Waals surface area contributed by atoms with Crippen LogP contribution in [-0.4, -0.2) is 28.1 Å². The van der Waals surface area contributed by atoms with Gasteiger partial charge in [-0.2, -0.15) is 0 Å². The highest BCUT2D eigenvalue weighted by molar-refractivity contribution is 7.46. The molecule has 0 atom stereocenters. The van der Waals surface area contributed by atoms with E-state index in [1.807, 2.05) is 0 Å². The van der Waals surface area contributed by atoms with E-state index < -0.39 is 7.82 Å². The Bertz CT molecular complexity index is 104. The molecule has 66 valence electrons. The number of hydrogen-bond acceptors (Lipinski definition) is 4. The van der Waals surface area contributed by atoms with Gasteiger partial charge >= 0.3 is 7.82 Å². The van der Waals surface area contributed by atoms with Gasteiger partial charge in [-0.05, 0) is 0 Å². The zero-order chi connectivity index (χ0) is 6.62. The molecule has 0 heterocycles. The van der Waals surface area contributed by atoms with Crippen LogP contribution in [0, 0.1) is 0 Å². The van der Waals surface area contributed by atoms with Crippen molar-refractivity contribution in [3.63, 3.8) is 0 Å². The molecule has 6 nitrogen and oxygen atoms in total. The van der Waals surface area contributed by atoms with Crippen LogP contribution in [-0.2, 0) is 9.09 Å². The summed E-state index contributed by atoms with van der Waals surface area (Å²) in [6, 6.07) is 0. The second kappa shape index (κ2) is 7.43. The van der Waals surface area contributed by atoms with E-state index in [2.05, 4.69) is 4.52 Å². The van der Waals surface area contributed by atoms with Crippen LogP contribution in [0.1, 0.15) is 0 Å². The number of phosphoric ester groups is 1. The average molecular weight is 196 g/mol. The first kappa shape index (κ1) is 16.7. The summed E-state index contributed by atoms with van der Waals surface area (Å²) in [4.78, 5) is 15.9. The zero-order valence-corrected chi connectivity index (χ0v) is 6.85. The highest BCUT2D eigenvalue weighted by atomic mass is 35.5. The summed E-state index contributed by atoms with van der Waals surface area (Å²) >= 11 is 0. The molecule has 0 aliphatic heterocycles. The molecule has 0 rings (SSSR count). The predicted octanol–water partition coefficient (Wildman–Crippen LogP) is -0.328. The maximum absolute atomic E-state index is 9.75. The van der Waals surface area contributed by atoms with E-state index >= 15 is 0 Å². The normalized spacial score (nSPS) is 9.50. The number of halogens is 1. The SMILES string of the molecule is Cl.N.O=P(O)(O)OCCO. The second-order valence-corrected chi connectivity index (χ2v) is 2.29. The molecule has 0 aromatic carbocycles. The van der Waals surface area contributed by atoms with Crippen molar-refractivity contribution in [2.45, 2.75) is 0 Å². The van der Waals surface area contributed by atoms with Crippen LogP contribution in [0.4, 0.5) is 0 Å². The van der Waals surface area contributed by atoms with Crippen LogP contribution in [0.3, 0.4) is 0 Å². The lowest BCUT2D eigenvalue weighted by molar-refractivity contribution is 0.151. The lowest BCUT2D eigenvalue weighted by Crippen LogP contribution is -1.95. The van der Waals surface area contributed by atoms with Gasteiger partial charge in [0.25, 0.3) is 0 Å². The Morgan fingerprint density at radius 1 is 1.40 bits per heavy atom. The highest BCUT2D eigenvalue weighted by Gasteiger charge is 2.11. The van der Waals surface area contributed by atoms with E-state index in [9.17, 15) is 4.57 Å². The van der Waals surface area contributed by atoms with Gasteiger partial charge in [0, 0.05) is 0 Å². The second-order valence-electron chi connectivity index (χ2n) is 1.05. The summed E-state index contributed by atoms with van der Waals surface area (Å²) in [5, 5.41) is 7.96. The standard InChI is InChI=1S/C2H7O5P.ClH.H3N/c3-1-2-7-8(4,5)6;;/h3H,1-2H2,(H2,4,5,6);1H;1H3. The van der Waals surface area contributed by atoms with E-state index in [1.165, 1.54) is 0 Å². The Balaban J connectivity index is -0.000000245. The minimum absolute atomic E-state index is 0. The summed E-state index contributed by atoms with van der Waals surface area (Å²) in [7, 11) is -4.34. The van der Waals surface area contributed by atoms with Gasteiger partial charge in [0.1, 0.15) is 0 Å². The van der Waals surface area contributed by atoms with Crippen LogP contribution in [0.5, 0.6) is 0 Å². The topological polar surface area (TPSA) is 122 Å². The Kier molecular flexibility index (Phi) is 12.4. The highest BCUT2D eigenvalue weighted by Crippen LogP contribution is 2.34. The Morgan fingerprint density at radius 3 is 1.90 bits per heavy atom. The van der Waals surface area contributed by atoms with Crippen LogP contribution >= 0.6 is 20.2 Å². The lowest BCUT2D eigenvalue weighted by Gasteiger charge is -2.00. The fraction of sp³-hybridized carbons (Fsp3) is 1.00. The van der Waals surface area contributed by atoms with E-state index in [0.29, 0.717) is 0 Å². The third-order valence-corrected chi connectivity index (χ3v) is 0.870. The van der Waals surface area contributed by atoms with Gasteiger partial charge in [-0.15, -0.1) is 12.4 Å². The number of rotatable bonds is 3. The molecular formula is C2H11ClNO5P. The first-order valence-electron chi connectivity index (χ1n) is 1.87. The minimum Gasteiger partial charge on any atom is -0.394 e. The van der Waals surface area contributed by atoms with Crippen molar-refractivity contribution in [1.82, 2.24) is 6.15 Å². The molecular weight excluding hydrogens is 184 g/mol. The first-order valence-corrected chi connectivity index (χ1v) is 3.40. The molecule has 0 radical (unpaired) electrons. The van der Waals surface area contributed by atoms with Crippen LogP contribution < -0.4 is 6.15 Å². The van der Waals surface area contributed by atoms with E-state index in [0.717, 1.165) is 0 Å². The molecule has 0 amide bonds. The van der Waals surface area contributed by atoms with Gasteiger partial charge in [0.05, 0.1) is 13.2 Å². The van der Waals surface area contributed by atoms with Gasteiger partial charge in [-0.25, -0.2) is 4.57 Å². The largest absolute Gasteiger partial charge is 0.469 e. The molecule has 8 heteroatoms. The number of aliphatic hydroxyl groups is 1. The van der Waals surface area contributed by atoms with Crippen molar-refractivity contribution >= 4 is 20.2 Å². The lowest BCUT2D eigenvalue weighted by atomic mass is 10.8. The third kappa shape index (κ3) is 15.8. The van der Waals surface area contributed by atoms with Crippen molar-refractivity contribution in [3.05, 3.63) is 0 Å². The molecule has 6 N–H and O–H groups in total. The van der Waals surface area contributed by atoms with Crippen molar-refractivity contribution in [3.8, 4) is 0 Å². The van der Waals surface area contributed by atoms with Crippen LogP contribution in [0.25, 0.3) is 0 Å². The summed E-state index contributed by atoms with van der Waals surface area (Å²) in [6.07, 6.45) is 0. The van der Waals surface area contributed by atoms with E-state index in [1.54, 1.807) is 0 Å². The number of hydrogen-bond donors (Lipinski definition) is 4. The summed E-state index contributed by atoms with van der Waals surface area (Å²) in [5.74, 6) is 0. The molecule has 0 aromatic heterocycles. The summed E-state index contributed by atoms with van der Waals surface area (Å²) in [5.41, 5.74) is 0. The van der Waals surface area contributed by atoms with Gasteiger partial charge in [0.15, 0.2) is 0 Å². The van der Waals surface area contributed by atoms with E-state index in [4.69, 9.17) is 14.9 Å². The van der Waals surface area contributed by atoms with Gasteiger partial charge < -0.3 is 21.0 Å². The smallest absolute Gasteiger partial charge is 0.394 e. The monoisotopic (exact) mass is 195 g/mol. The molecule has 0 saturated heterocycles. The maximum Gasteiger partial charge on any atom is 0.469 e. The molecule has 0 spiro atoms.